The quantitative estimate of drug-likeness (QED) is 0.505. The standard InChI is InChI=1S/C22H29NO8/c1-3-15(14-7-5-4-6-8-14)17(19(24)23-9-11-31-12-10-23)18(22(29)30)16(21(27)28)13(2)20(25)26/h4-8,13,15-18H,3,9-12H2,1-2H3,(H,25,26)(H,27,28)(H,29,30). The maximum Gasteiger partial charge on any atom is 0.308 e. The van der Waals surface area contributed by atoms with Gasteiger partial charge in [-0.05, 0) is 17.9 Å². The highest BCUT2D eigenvalue weighted by Gasteiger charge is 2.50. The Morgan fingerprint density at radius 3 is 1.90 bits per heavy atom. The van der Waals surface area contributed by atoms with Crippen molar-refractivity contribution < 1.29 is 39.2 Å². The topological polar surface area (TPSA) is 141 Å². The number of nitrogens with zero attached hydrogens (tertiary/aromatic N) is 1. The summed E-state index contributed by atoms with van der Waals surface area (Å²) in [6.45, 7) is 4.08. The van der Waals surface area contributed by atoms with Gasteiger partial charge in [-0.15, -0.1) is 0 Å². The molecule has 2 rings (SSSR count). The maximum absolute atomic E-state index is 13.6. The third kappa shape index (κ3) is 5.61. The first-order chi connectivity index (χ1) is 14.7. The summed E-state index contributed by atoms with van der Waals surface area (Å²) in [6, 6.07) is 8.85. The molecule has 0 spiro atoms. The number of ether oxygens (including phenoxy) is 1. The van der Waals surface area contributed by atoms with Crippen LogP contribution in [0.5, 0.6) is 0 Å². The van der Waals surface area contributed by atoms with Crippen molar-refractivity contribution in [1.82, 2.24) is 4.90 Å². The van der Waals surface area contributed by atoms with Crippen molar-refractivity contribution in [3.05, 3.63) is 35.9 Å². The Bertz CT molecular complexity index is 790. The molecule has 0 saturated carbocycles. The molecule has 1 heterocycles. The second-order valence-electron chi connectivity index (χ2n) is 7.74. The number of aliphatic carboxylic acids is 3. The van der Waals surface area contributed by atoms with E-state index < -0.39 is 53.4 Å². The fourth-order valence-corrected chi connectivity index (χ4v) is 4.33. The lowest BCUT2D eigenvalue weighted by molar-refractivity contribution is -0.167. The first-order valence-electron chi connectivity index (χ1n) is 10.3. The Morgan fingerprint density at radius 1 is 0.903 bits per heavy atom. The summed E-state index contributed by atoms with van der Waals surface area (Å²) in [5.41, 5.74) is 0.704. The summed E-state index contributed by atoms with van der Waals surface area (Å²) in [7, 11) is 0. The fourth-order valence-electron chi connectivity index (χ4n) is 4.33. The van der Waals surface area contributed by atoms with Crippen LogP contribution in [-0.4, -0.2) is 70.3 Å². The van der Waals surface area contributed by atoms with Gasteiger partial charge in [0.1, 0.15) is 0 Å². The molecule has 1 aromatic carbocycles. The molecule has 1 amide bonds. The van der Waals surface area contributed by atoms with Crippen LogP contribution >= 0.6 is 0 Å². The zero-order valence-corrected chi connectivity index (χ0v) is 17.6. The average molecular weight is 435 g/mol. The molecule has 3 N–H and O–H groups in total. The Morgan fingerprint density at radius 2 is 1.45 bits per heavy atom. The molecule has 1 aliphatic heterocycles. The van der Waals surface area contributed by atoms with E-state index in [1.807, 2.05) is 0 Å². The molecule has 1 saturated heterocycles. The normalized spacial score (nSPS) is 19.0. The number of amides is 1. The van der Waals surface area contributed by atoms with Gasteiger partial charge < -0.3 is 25.0 Å². The summed E-state index contributed by atoms with van der Waals surface area (Å²) >= 11 is 0. The van der Waals surface area contributed by atoms with E-state index in [0.717, 1.165) is 6.92 Å². The number of benzene rings is 1. The summed E-state index contributed by atoms with van der Waals surface area (Å²) in [5.74, 6) is -11.8. The van der Waals surface area contributed by atoms with Crippen LogP contribution in [0.25, 0.3) is 0 Å². The van der Waals surface area contributed by atoms with Crippen LogP contribution in [0, 0.1) is 23.7 Å². The van der Waals surface area contributed by atoms with Gasteiger partial charge in [-0.1, -0.05) is 44.2 Å². The van der Waals surface area contributed by atoms with Gasteiger partial charge in [0.15, 0.2) is 0 Å². The van der Waals surface area contributed by atoms with Crippen LogP contribution in [0.1, 0.15) is 31.7 Å². The predicted octanol–water partition coefficient (Wildman–Crippen LogP) is 1.78. The molecule has 0 radical (unpaired) electrons. The van der Waals surface area contributed by atoms with Crippen LogP contribution in [0.2, 0.25) is 0 Å². The van der Waals surface area contributed by atoms with E-state index in [9.17, 15) is 34.5 Å². The number of carboxylic acid groups (broad SMARTS) is 3. The third-order valence-corrected chi connectivity index (χ3v) is 5.98. The van der Waals surface area contributed by atoms with Gasteiger partial charge in [0.25, 0.3) is 0 Å². The lowest BCUT2D eigenvalue weighted by Crippen LogP contribution is -2.51. The zero-order valence-electron chi connectivity index (χ0n) is 17.6. The summed E-state index contributed by atoms with van der Waals surface area (Å²) in [4.78, 5) is 51.2. The zero-order chi connectivity index (χ0) is 23.1. The van der Waals surface area contributed by atoms with Crippen LogP contribution < -0.4 is 0 Å². The van der Waals surface area contributed by atoms with Gasteiger partial charge in [-0.2, -0.15) is 0 Å². The Hall–Kier alpha value is -2.94. The molecule has 0 aliphatic carbocycles. The van der Waals surface area contributed by atoms with Crippen molar-refractivity contribution in [3.63, 3.8) is 0 Å². The first kappa shape index (κ1) is 24.3. The van der Waals surface area contributed by atoms with E-state index in [1.165, 1.54) is 4.90 Å². The number of hydrogen-bond donors (Lipinski definition) is 3. The third-order valence-electron chi connectivity index (χ3n) is 5.98. The molecule has 1 fully saturated rings. The molecule has 9 nitrogen and oxygen atoms in total. The van der Waals surface area contributed by atoms with Gasteiger partial charge in [0, 0.05) is 13.1 Å². The minimum absolute atomic E-state index is 0.263. The Labute approximate surface area is 180 Å². The number of morpholine rings is 1. The molecular formula is C22H29NO8. The number of rotatable bonds is 10. The van der Waals surface area contributed by atoms with Crippen molar-refractivity contribution in [3.8, 4) is 0 Å². The number of hydrogen-bond acceptors (Lipinski definition) is 5. The summed E-state index contributed by atoms with van der Waals surface area (Å²) in [6.07, 6.45) is 0.377. The van der Waals surface area contributed by atoms with E-state index in [0.29, 0.717) is 25.2 Å². The van der Waals surface area contributed by atoms with Crippen molar-refractivity contribution in [2.75, 3.05) is 26.3 Å². The van der Waals surface area contributed by atoms with E-state index in [1.54, 1.807) is 37.3 Å². The lowest BCUT2D eigenvalue weighted by atomic mass is 9.68. The van der Waals surface area contributed by atoms with Gasteiger partial charge in [-0.3, -0.25) is 19.2 Å². The molecule has 1 aromatic rings. The monoisotopic (exact) mass is 435 g/mol. The largest absolute Gasteiger partial charge is 0.481 e. The average Bonchev–Trinajstić information content (AvgIpc) is 2.76. The van der Waals surface area contributed by atoms with E-state index in [-0.39, 0.29) is 13.1 Å². The second-order valence-corrected chi connectivity index (χ2v) is 7.74. The number of carboxylic acids is 3. The molecule has 9 heteroatoms. The Kier molecular flexibility index (Phi) is 8.56. The van der Waals surface area contributed by atoms with Crippen molar-refractivity contribution in [2.24, 2.45) is 23.7 Å². The summed E-state index contributed by atoms with van der Waals surface area (Å²) < 4.78 is 5.28. The highest BCUT2D eigenvalue weighted by Crippen LogP contribution is 2.40. The smallest absolute Gasteiger partial charge is 0.308 e. The minimum Gasteiger partial charge on any atom is -0.481 e. The van der Waals surface area contributed by atoms with Crippen LogP contribution in [-0.2, 0) is 23.9 Å². The van der Waals surface area contributed by atoms with Crippen LogP contribution in [0.15, 0.2) is 30.3 Å². The molecule has 170 valence electrons. The molecular weight excluding hydrogens is 406 g/mol. The Balaban J connectivity index is 2.63. The first-order valence-corrected chi connectivity index (χ1v) is 10.3. The molecule has 0 bridgehead atoms. The van der Waals surface area contributed by atoms with Crippen LogP contribution in [0.3, 0.4) is 0 Å². The van der Waals surface area contributed by atoms with Crippen molar-refractivity contribution in [1.29, 1.82) is 0 Å². The molecule has 5 atom stereocenters. The van der Waals surface area contributed by atoms with Gasteiger partial charge in [0.05, 0.1) is 36.9 Å². The van der Waals surface area contributed by atoms with Crippen molar-refractivity contribution >= 4 is 23.8 Å². The molecule has 31 heavy (non-hydrogen) atoms. The number of carbonyl (C=O) groups excluding carboxylic acids is 1. The van der Waals surface area contributed by atoms with Crippen LogP contribution in [0.4, 0.5) is 0 Å². The van der Waals surface area contributed by atoms with E-state index in [4.69, 9.17) is 4.74 Å². The second kappa shape index (κ2) is 10.9. The van der Waals surface area contributed by atoms with Gasteiger partial charge >= 0.3 is 17.9 Å². The molecule has 5 unspecified atom stereocenters. The highest BCUT2D eigenvalue weighted by molar-refractivity contribution is 5.91. The lowest BCUT2D eigenvalue weighted by Gasteiger charge is -2.38. The number of carbonyl (C=O) groups is 4. The predicted molar refractivity (Wildman–Crippen MR) is 109 cm³/mol. The summed E-state index contributed by atoms with van der Waals surface area (Å²) in [5, 5.41) is 29.3. The molecule has 0 aromatic heterocycles. The highest BCUT2D eigenvalue weighted by atomic mass is 16.5. The maximum atomic E-state index is 13.6. The minimum atomic E-state index is -1.78. The molecule has 1 aliphatic rings. The van der Waals surface area contributed by atoms with Gasteiger partial charge in [-0.25, -0.2) is 0 Å². The SMILES string of the molecule is CCC(c1ccccc1)C(C(=O)N1CCOCC1)C(C(=O)O)C(C(=O)O)C(C)C(=O)O. The van der Waals surface area contributed by atoms with E-state index in [2.05, 4.69) is 0 Å². The van der Waals surface area contributed by atoms with Gasteiger partial charge in [0.2, 0.25) is 5.91 Å². The fraction of sp³-hybridized carbons (Fsp3) is 0.545. The van der Waals surface area contributed by atoms with E-state index >= 15 is 0 Å². The van der Waals surface area contributed by atoms with Crippen molar-refractivity contribution in [2.45, 2.75) is 26.2 Å².